The third-order valence-corrected chi connectivity index (χ3v) is 6.57. The molecule has 194 valence electrons. The van der Waals surface area contributed by atoms with Crippen molar-refractivity contribution in [3.05, 3.63) is 94.8 Å². The van der Waals surface area contributed by atoms with Crippen LogP contribution in [0.2, 0.25) is 5.02 Å². The lowest BCUT2D eigenvalue weighted by Gasteiger charge is -2.36. The predicted octanol–water partition coefficient (Wildman–Crippen LogP) is 4.98. The molecular weight excluding hydrogens is 495 g/mol. The van der Waals surface area contributed by atoms with E-state index >= 15 is 0 Å². The van der Waals surface area contributed by atoms with Gasteiger partial charge in [-0.3, -0.25) is 9.69 Å². The van der Waals surface area contributed by atoms with Gasteiger partial charge in [0.1, 0.15) is 11.6 Å². The fourth-order valence-corrected chi connectivity index (χ4v) is 4.44. The summed E-state index contributed by atoms with van der Waals surface area (Å²) in [6.45, 7) is 4.01. The normalized spacial score (nSPS) is 13.8. The van der Waals surface area contributed by atoms with E-state index in [1.807, 2.05) is 12.1 Å². The molecule has 0 radical (unpaired) electrons. The number of amides is 3. The molecule has 1 fully saturated rings. The number of hydrogen-bond donors (Lipinski definition) is 1. The van der Waals surface area contributed by atoms with E-state index in [9.17, 15) is 14.0 Å². The summed E-state index contributed by atoms with van der Waals surface area (Å²) in [6, 6.07) is 20.2. The smallest absolute Gasteiger partial charge is 0.322 e. The van der Waals surface area contributed by atoms with Gasteiger partial charge in [0.25, 0.3) is 5.91 Å². The van der Waals surface area contributed by atoms with Crippen LogP contribution in [0.25, 0.3) is 0 Å². The van der Waals surface area contributed by atoms with Crippen LogP contribution in [-0.2, 0) is 6.54 Å². The first kappa shape index (κ1) is 26.4. The third-order valence-electron chi connectivity index (χ3n) is 6.34. The molecule has 0 spiro atoms. The summed E-state index contributed by atoms with van der Waals surface area (Å²) in [4.78, 5) is 31.8. The zero-order chi connectivity index (χ0) is 26.2. The first-order chi connectivity index (χ1) is 17.9. The number of ether oxygens (including phenoxy) is 1. The standard InChI is InChI=1S/C28H30ClFN4O3/c1-37-26-8-3-2-7-25(26)31-28(36)33-16-13-32(14-17-33)15-18-34(20-21-9-11-24(30)12-10-21)27(35)22-5-4-6-23(29)19-22/h2-12,19H,13-18,20H2,1H3,(H,31,36). The summed E-state index contributed by atoms with van der Waals surface area (Å²) < 4.78 is 18.7. The Hall–Kier alpha value is -3.62. The minimum atomic E-state index is -0.316. The number of carbonyl (C=O) groups excluding carboxylic acids is 2. The first-order valence-electron chi connectivity index (χ1n) is 12.1. The monoisotopic (exact) mass is 524 g/mol. The highest BCUT2D eigenvalue weighted by Gasteiger charge is 2.23. The molecular formula is C28H30ClFN4O3. The number of benzene rings is 3. The fraction of sp³-hybridized carbons (Fsp3) is 0.286. The van der Waals surface area contributed by atoms with Crippen molar-refractivity contribution in [2.75, 3.05) is 51.7 Å². The van der Waals surface area contributed by atoms with Crippen molar-refractivity contribution in [3.63, 3.8) is 0 Å². The second kappa shape index (κ2) is 12.6. The lowest BCUT2D eigenvalue weighted by atomic mass is 10.1. The molecule has 0 unspecified atom stereocenters. The van der Waals surface area contributed by atoms with Crippen molar-refractivity contribution in [1.29, 1.82) is 0 Å². The van der Waals surface area contributed by atoms with Gasteiger partial charge < -0.3 is 19.9 Å². The van der Waals surface area contributed by atoms with Crippen LogP contribution in [0.5, 0.6) is 5.75 Å². The van der Waals surface area contributed by atoms with E-state index in [0.717, 1.165) is 5.56 Å². The molecule has 1 aliphatic heterocycles. The Balaban J connectivity index is 1.34. The molecule has 1 N–H and O–H groups in total. The molecule has 1 aliphatic rings. The Bertz CT molecular complexity index is 1220. The molecule has 37 heavy (non-hydrogen) atoms. The number of nitrogens with one attached hydrogen (secondary N) is 1. The van der Waals surface area contributed by atoms with Crippen molar-refractivity contribution in [1.82, 2.24) is 14.7 Å². The van der Waals surface area contributed by atoms with Crippen molar-refractivity contribution in [2.24, 2.45) is 0 Å². The van der Waals surface area contributed by atoms with Crippen molar-refractivity contribution < 1.29 is 18.7 Å². The fourth-order valence-electron chi connectivity index (χ4n) is 4.25. The lowest BCUT2D eigenvalue weighted by Crippen LogP contribution is -2.51. The quantitative estimate of drug-likeness (QED) is 0.451. The van der Waals surface area contributed by atoms with Gasteiger partial charge in [0, 0.05) is 56.4 Å². The van der Waals surface area contributed by atoms with E-state index in [1.54, 1.807) is 65.4 Å². The van der Waals surface area contributed by atoms with E-state index in [1.165, 1.54) is 12.1 Å². The summed E-state index contributed by atoms with van der Waals surface area (Å²) in [5.74, 6) is 0.158. The maximum absolute atomic E-state index is 13.4. The van der Waals surface area contributed by atoms with Crippen LogP contribution in [0.3, 0.4) is 0 Å². The number of nitrogens with zero attached hydrogens (tertiary/aromatic N) is 3. The number of halogens is 2. The molecule has 9 heteroatoms. The molecule has 4 rings (SSSR count). The lowest BCUT2D eigenvalue weighted by molar-refractivity contribution is 0.0704. The Morgan fingerprint density at radius 3 is 2.43 bits per heavy atom. The molecule has 3 amide bonds. The average molecular weight is 525 g/mol. The molecule has 0 aromatic heterocycles. The highest BCUT2D eigenvalue weighted by atomic mass is 35.5. The van der Waals surface area contributed by atoms with Gasteiger partial charge in [0.15, 0.2) is 0 Å². The number of carbonyl (C=O) groups is 2. The first-order valence-corrected chi connectivity index (χ1v) is 12.5. The largest absolute Gasteiger partial charge is 0.495 e. The van der Waals surface area contributed by atoms with Crippen LogP contribution in [0, 0.1) is 5.82 Å². The van der Waals surface area contributed by atoms with Crippen LogP contribution in [0.4, 0.5) is 14.9 Å². The Labute approximate surface area is 221 Å². The Morgan fingerprint density at radius 1 is 1.00 bits per heavy atom. The summed E-state index contributed by atoms with van der Waals surface area (Å²) in [5, 5.41) is 3.41. The van der Waals surface area contributed by atoms with Gasteiger partial charge in [-0.25, -0.2) is 9.18 Å². The summed E-state index contributed by atoms with van der Waals surface area (Å²) in [7, 11) is 1.57. The molecule has 0 saturated carbocycles. The molecule has 1 heterocycles. The maximum atomic E-state index is 13.4. The topological polar surface area (TPSA) is 65.1 Å². The van der Waals surface area contributed by atoms with E-state index in [2.05, 4.69) is 10.2 Å². The zero-order valence-corrected chi connectivity index (χ0v) is 21.5. The van der Waals surface area contributed by atoms with Crippen LogP contribution < -0.4 is 10.1 Å². The van der Waals surface area contributed by atoms with Crippen molar-refractivity contribution >= 4 is 29.2 Å². The van der Waals surface area contributed by atoms with Crippen LogP contribution in [0.15, 0.2) is 72.8 Å². The SMILES string of the molecule is COc1ccccc1NC(=O)N1CCN(CCN(Cc2ccc(F)cc2)C(=O)c2cccc(Cl)c2)CC1. The van der Waals surface area contributed by atoms with E-state index < -0.39 is 0 Å². The summed E-state index contributed by atoms with van der Waals surface area (Å²) in [6.07, 6.45) is 0. The van der Waals surface area contributed by atoms with Gasteiger partial charge in [-0.05, 0) is 48.0 Å². The Kier molecular flexibility index (Phi) is 8.98. The molecule has 0 bridgehead atoms. The highest BCUT2D eigenvalue weighted by molar-refractivity contribution is 6.30. The number of urea groups is 1. The number of para-hydroxylation sites is 2. The zero-order valence-electron chi connectivity index (χ0n) is 20.7. The van der Waals surface area contributed by atoms with E-state index in [0.29, 0.717) is 67.8 Å². The van der Waals surface area contributed by atoms with Gasteiger partial charge >= 0.3 is 6.03 Å². The molecule has 0 atom stereocenters. The molecule has 3 aromatic carbocycles. The number of piperazine rings is 1. The molecule has 7 nitrogen and oxygen atoms in total. The van der Waals surface area contributed by atoms with Crippen LogP contribution >= 0.6 is 11.6 Å². The number of hydrogen-bond acceptors (Lipinski definition) is 4. The maximum Gasteiger partial charge on any atom is 0.322 e. The van der Waals surface area contributed by atoms with Crippen LogP contribution in [0.1, 0.15) is 15.9 Å². The van der Waals surface area contributed by atoms with E-state index in [-0.39, 0.29) is 17.8 Å². The third kappa shape index (κ3) is 7.21. The van der Waals surface area contributed by atoms with Crippen molar-refractivity contribution in [2.45, 2.75) is 6.54 Å². The van der Waals surface area contributed by atoms with Gasteiger partial charge in [0.2, 0.25) is 0 Å². The minimum Gasteiger partial charge on any atom is -0.495 e. The molecule has 1 saturated heterocycles. The molecule has 3 aromatic rings. The van der Waals surface area contributed by atoms with E-state index in [4.69, 9.17) is 16.3 Å². The second-order valence-corrected chi connectivity index (χ2v) is 9.26. The van der Waals surface area contributed by atoms with Gasteiger partial charge in [-0.1, -0.05) is 41.9 Å². The highest BCUT2D eigenvalue weighted by Crippen LogP contribution is 2.23. The average Bonchev–Trinajstić information content (AvgIpc) is 2.92. The molecule has 0 aliphatic carbocycles. The summed E-state index contributed by atoms with van der Waals surface area (Å²) in [5.41, 5.74) is 1.98. The predicted molar refractivity (Wildman–Crippen MR) is 143 cm³/mol. The van der Waals surface area contributed by atoms with Gasteiger partial charge in [-0.2, -0.15) is 0 Å². The summed E-state index contributed by atoms with van der Waals surface area (Å²) >= 11 is 6.11. The number of methoxy groups -OCH3 is 1. The minimum absolute atomic E-state index is 0.137. The van der Waals surface area contributed by atoms with Gasteiger partial charge in [-0.15, -0.1) is 0 Å². The van der Waals surface area contributed by atoms with Crippen LogP contribution in [-0.4, -0.2) is 73.0 Å². The van der Waals surface area contributed by atoms with Crippen molar-refractivity contribution in [3.8, 4) is 5.75 Å². The van der Waals surface area contributed by atoms with Gasteiger partial charge in [0.05, 0.1) is 12.8 Å². The number of anilines is 1. The number of rotatable bonds is 8. The second-order valence-electron chi connectivity index (χ2n) is 8.82. The Morgan fingerprint density at radius 2 is 1.73 bits per heavy atom.